The third kappa shape index (κ3) is 3.66. The number of carbonyl (C=O) groups is 1. The fourth-order valence-electron chi connectivity index (χ4n) is 3.82. The first kappa shape index (κ1) is 17.2. The molecule has 2 aliphatic heterocycles. The van der Waals surface area contributed by atoms with Crippen LogP contribution in [0.2, 0.25) is 0 Å². The standard InChI is InChI=1S/C18H26N6O2/c1-13-10-14(26-22-13)12-23-6-8-24(9-7-23)18(25)15-11-20-21-17(15)16-4-2-3-5-19-16/h10-11,16,19H,2-9,12H2,1H3,(H,20,21). The van der Waals surface area contributed by atoms with E-state index in [1.807, 2.05) is 17.9 Å². The van der Waals surface area contributed by atoms with E-state index in [-0.39, 0.29) is 11.9 Å². The summed E-state index contributed by atoms with van der Waals surface area (Å²) >= 11 is 0. The molecule has 2 fully saturated rings. The van der Waals surface area contributed by atoms with Crippen LogP contribution in [0.5, 0.6) is 0 Å². The van der Waals surface area contributed by atoms with E-state index in [1.165, 1.54) is 12.8 Å². The van der Waals surface area contributed by atoms with Crippen molar-refractivity contribution in [3.8, 4) is 0 Å². The third-order valence-electron chi connectivity index (χ3n) is 5.27. The van der Waals surface area contributed by atoms with Gasteiger partial charge in [-0.3, -0.25) is 14.8 Å². The van der Waals surface area contributed by atoms with Gasteiger partial charge in [0, 0.05) is 38.3 Å². The lowest BCUT2D eigenvalue weighted by Gasteiger charge is -2.34. The van der Waals surface area contributed by atoms with Crippen molar-refractivity contribution in [2.24, 2.45) is 0 Å². The number of nitrogens with one attached hydrogen (secondary N) is 2. The van der Waals surface area contributed by atoms with Crippen LogP contribution >= 0.6 is 0 Å². The number of nitrogens with zero attached hydrogens (tertiary/aromatic N) is 4. The van der Waals surface area contributed by atoms with Crippen LogP contribution in [0.25, 0.3) is 0 Å². The van der Waals surface area contributed by atoms with Crippen molar-refractivity contribution in [1.82, 2.24) is 30.5 Å². The summed E-state index contributed by atoms with van der Waals surface area (Å²) in [4.78, 5) is 17.2. The van der Waals surface area contributed by atoms with Crippen LogP contribution in [0.3, 0.4) is 0 Å². The molecule has 0 aromatic carbocycles. The molecule has 2 N–H and O–H groups in total. The van der Waals surface area contributed by atoms with Gasteiger partial charge in [0.2, 0.25) is 0 Å². The number of aromatic nitrogens is 3. The van der Waals surface area contributed by atoms with E-state index >= 15 is 0 Å². The van der Waals surface area contributed by atoms with Gasteiger partial charge in [0.25, 0.3) is 5.91 Å². The topological polar surface area (TPSA) is 90.3 Å². The van der Waals surface area contributed by atoms with Gasteiger partial charge in [-0.2, -0.15) is 5.10 Å². The quantitative estimate of drug-likeness (QED) is 0.860. The van der Waals surface area contributed by atoms with Crippen molar-refractivity contribution in [1.29, 1.82) is 0 Å². The second-order valence-electron chi connectivity index (χ2n) is 7.20. The lowest BCUT2D eigenvalue weighted by atomic mass is 9.99. The van der Waals surface area contributed by atoms with Gasteiger partial charge in [0.05, 0.1) is 29.7 Å². The Balaban J connectivity index is 1.36. The molecule has 0 spiro atoms. The van der Waals surface area contributed by atoms with E-state index in [4.69, 9.17) is 4.52 Å². The Labute approximate surface area is 152 Å². The molecular formula is C18H26N6O2. The van der Waals surface area contributed by atoms with E-state index in [9.17, 15) is 4.79 Å². The van der Waals surface area contributed by atoms with Gasteiger partial charge in [-0.1, -0.05) is 11.6 Å². The zero-order valence-electron chi connectivity index (χ0n) is 15.2. The molecule has 0 aliphatic carbocycles. The highest BCUT2D eigenvalue weighted by molar-refractivity contribution is 5.95. The van der Waals surface area contributed by atoms with Gasteiger partial charge in [-0.25, -0.2) is 0 Å². The number of piperidine rings is 1. The molecule has 26 heavy (non-hydrogen) atoms. The summed E-state index contributed by atoms with van der Waals surface area (Å²) in [5.74, 6) is 0.957. The van der Waals surface area contributed by atoms with Gasteiger partial charge < -0.3 is 14.7 Å². The number of piperazine rings is 1. The summed E-state index contributed by atoms with van der Waals surface area (Å²) in [6.45, 7) is 6.76. The smallest absolute Gasteiger partial charge is 0.257 e. The summed E-state index contributed by atoms with van der Waals surface area (Å²) in [7, 11) is 0. The Morgan fingerprint density at radius 2 is 2.15 bits per heavy atom. The molecule has 8 heteroatoms. The first-order chi connectivity index (χ1) is 12.7. The molecule has 4 heterocycles. The largest absolute Gasteiger partial charge is 0.360 e. The van der Waals surface area contributed by atoms with Crippen molar-refractivity contribution in [2.45, 2.75) is 38.8 Å². The fraction of sp³-hybridized carbons (Fsp3) is 0.611. The first-order valence-electron chi connectivity index (χ1n) is 9.41. The number of H-pyrrole nitrogens is 1. The SMILES string of the molecule is Cc1cc(CN2CCN(C(=O)c3cn[nH]c3C3CCCCN3)CC2)on1. The molecule has 140 valence electrons. The van der Waals surface area contributed by atoms with Crippen molar-refractivity contribution in [2.75, 3.05) is 32.7 Å². The normalized spacial score (nSPS) is 21.9. The molecule has 8 nitrogen and oxygen atoms in total. The Kier molecular flexibility index (Phi) is 5.03. The van der Waals surface area contributed by atoms with Crippen molar-refractivity contribution >= 4 is 5.91 Å². The summed E-state index contributed by atoms with van der Waals surface area (Å²) in [6.07, 6.45) is 5.11. The number of amides is 1. The molecule has 2 aromatic heterocycles. The molecule has 4 rings (SSSR count). The highest BCUT2D eigenvalue weighted by Gasteiger charge is 2.28. The zero-order chi connectivity index (χ0) is 17.9. The lowest BCUT2D eigenvalue weighted by Crippen LogP contribution is -2.48. The number of aromatic amines is 1. The highest BCUT2D eigenvalue weighted by Crippen LogP contribution is 2.25. The highest BCUT2D eigenvalue weighted by atomic mass is 16.5. The van der Waals surface area contributed by atoms with Gasteiger partial charge in [-0.05, 0) is 26.3 Å². The molecule has 1 amide bonds. The Morgan fingerprint density at radius 3 is 2.85 bits per heavy atom. The van der Waals surface area contributed by atoms with Crippen LogP contribution in [0, 0.1) is 6.92 Å². The van der Waals surface area contributed by atoms with Crippen LogP contribution < -0.4 is 5.32 Å². The second kappa shape index (κ2) is 7.59. The van der Waals surface area contributed by atoms with Crippen molar-refractivity contribution < 1.29 is 9.32 Å². The monoisotopic (exact) mass is 358 g/mol. The zero-order valence-corrected chi connectivity index (χ0v) is 15.2. The van der Waals surface area contributed by atoms with E-state index in [0.29, 0.717) is 18.7 Å². The Hall–Kier alpha value is -2.19. The minimum absolute atomic E-state index is 0.0799. The van der Waals surface area contributed by atoms with E-state index in [0.717, 1.165) is 49.7 Å². The predicted octanol–water partition coefficient (Wildman–Crippen LogP) is 1.48. The summed E-state index contributed by atoms with van der Waals surface area (Å²) < 4.78 is 5.29. The molecule has 0 saturated carbocycles. The summed E-state index contributed by atoms with van der Waals surface area (Å²) in [5, 5.41) is 14.6. The number of aryl methyl sites for hydroxylation is 1. The molecule has 1 atom stereocenters. The van der Waals surface area contributed by atoms with Crippen LogP contribution in [0.1, 0.15) is 52.8 Å². The van der Waals surface area contributed by atoms with Crippen LogP contribution in [0.15, 0.2) is 16.8 Å². The molecule has 2 aromatic rings. The maximum absolute atomic E-state index is 13.0. The lowest BCUT2D eigenvalue weighted by molar-refractivity contribution is 0.0615. The Morgan fingerprint density at radius 1 is 1.31 bits per heavy atom. The van der Waals surface area contributed by atoms with E-state index in [2.05, 4.69) is 25.6 Å². The van der Waals surface area contributed by atoms with Crippen molar-refractivity contribution in [3.63, 3.8) is 0 Å². The number of rotatable bonds is 4. The van der Waals surface area contributed by atoms with Crippen LogP contribution in [-0.4, -0.2) is 63.8 Å². The number of hydrogen-bond donors (Lipinski definition) is 2. The number of hydrogen-bond acceptors (Lipinski definition) is 6. The number of carbonyl (C=O) groups excluding carboxylic acids is 1. The summed E-state index contributed by atoms with van der Waals surface area (Å²) in [5.41, 5.74) is 2.55. The van der Waals surface area contributed by atoms with Gasteiger partial charge in [-0.15, -0.1) is 0 Å². The molecule has 0 radical (unpaired) electrons. The average molecular weight is 358 g/mol. The van der Waals surface area contributed by atoms with E-state index in [1.54, 1.807) is 6.20 Å². The summed E-state index contributed by atoms with van der Waals surface area (Å²) in [6, 6.07) is 2.17. The van der Waals surface area contributed by atoms with Gasteiger partial charge in [0.15, 0.2) is 5.76 Å². The molecule has 2 saturated heterocycles. The molecule has 0 bridgehead atoms. The van der Waals surface area contributed by atoms with Crippen LogP contribution in [0.4, 0.5) is 0 Å². The van der Waals surface area contributed by atoms with Crippen LogP contribution in [-0.2, 0) is 6.54 Å². The van der Waals surface area contributed by atoms with Crippen molar-refractivity contribution in [3.05, 3.63) is 35.0 Å². The maximum atomic E-state index is 13.0. The maximum Gasteiger partial charge on any atom is 0.257 e. The second-order valence-corrected chi connectivity index (χ2v) is 7.20. The average Bonchev–Trinajstić information content (AvgIpc) is 3.32. The van der Waals surface area contributed by atoms with E-state index < -0.39 is 0 Å². The molecule has 1 unspecified atom stereocenters. The Bertz CT molecular complexity index is 740. The van der Waals surface area contributed by atoms with Gasteiger partial charge in [0.1, 0.15) is 0 Å². The fourth-order valence-corrected chi connectivity index (χ4v) is 3.82. The predicted molar refractivity (Wildman–Crippen MR) is 95.6 cm³/mol. The molecule has 2 aliphatic rings. The molecular weight excluding hydrogens is 332 g/mol. The third-order valence-corrected chi connectivity index (χ3v) is 5.27. The minimum Gasteiger partial charge on any atom is -0.360 e. The first-order valence-corrected chi connectivity index (χ1v) is 9.41. The van der Waals surface area contributed by atoms with Gasteiger partial charge >= 0.3 is 0 Å². The minimum atomic E-state index is 0.0799.